The predicted octanol–water partition coefficient (Wildman–Crippen LogP) is 3.15. The zero-order chi connectivity index (χ0) is 16.9. The van der Waals surface area contributed by atoms with E-state index in [9.17, 15) is 4.79 Å². The van der Waals surface area contributed by atoms with Crippen LogP contribution in [-0.4, -0.2) is 43.7 Å². The number of morpholine rings is 1. The number of nitrogens with one attached hydrogen (secondary N) is 1. The lowest BCUT2D eigenvalue weighted by atomic mass is 10.0. The number of benzene rings is 1. The van der Waals surface area contributed by atoms with Gasteiger partial charge in [-0.25, -0.2) is 0 Å². The number of hydrogen-bond acceptors (Lipinski definition) is 4. The van der Waals surface area contributed by atoms with Gasteiger partial charge in [0.15, 0.2) is 10.4 Å². The fourth-order valence-corrected chi connectivity index (χ4v) is 3.15. The van der Waals surface area contributed by atoms with Crippen LogP contribution in [0.3, 0.4) is 0 Å². The van der Waals surface area contributed by atoms with Crippen LogP contribution in [0.15, 0.2) is 45.5 Å². The lowest BCUT2D eigenvalue weighted by molar-refractivity contribution is 0.0161. The molecule has 2 aromatic rings. The van der Waals surface area contributed by atoms with Gasteiger partial charge in [0.25, 0.3) is 5.91 Å². The molecule has 1 aliphatic heterocycles. The summed E-state index contributed by atoms with van der Waals surface area (Å²) >= 11 is 3.22. The maximum atomic E-state index is 12.3. The van der Waals surface area contributed by atoms with Crippen LogP contribution in [0.1, 0.15) is 27.7 Å². The molecule has 5 nitrogen and oxygen atoms in total. The molecule has 1 aromatic carbocycles. The van der Waals surface area contributed by atoms with E-state index in [0.717, 1.165) is 26.3 Å². The third kappa shape index (κ3) is 4.26. The average molecular weight is 393 g/mol. The molecule has 1 atom stereocenters. The van der Waals surface area contributed by atoms with E-state index in [4.69, 9.17) is 9.15 Å². The van der Waals surface area contributed by atoms with Gasteiger partial charge >= 0.3 is 0 Å². The number of halogens is 1. The Morgan fingerprint density at radius 2 is 1.92 bits per heavy atom. The zero-order valence-electron chi connectivity index (χ0n) is 13.6. The standard InChI is InChI=1S/C18H21BrN2O3/c1-13-2-4-14(5-3-13)15(21-8-10-23-11-9-21)12-20-18(22)16-6-7-17(19)24-16/h2-7,15H,8-12H2,1H3,(H,20,22). The summed E-state index contributed by atoms with van der Waals surface area (Å²) in [6, 6.07) is 12.0. The molecule has 1 fully saturated rings. The van der Waals surface area contributed by atoms with E-state index < -0.39 is 0 Å². The molecule has 1 N–H and O–H groups in total. The van der Waals surface area contributed by atoms with Crippen molar-refractivity contribution in [2.75, 3.05) is 32.8 Å². The van der Waals surface area contributed by atoms with Crippen LogP contribution < -0.4 is 5.32 Å². The van der Waals surface area contributed by atoms with Gasteiger partial charge < -0.3 is 14.5 Å². The molecule has 0 bridgehead atoms. The van der Waals surface area contributed by atoms with E-state index in [1.807, 2.05) is 0 Å². The van der Waals surface area contributed by atoms with Crippen molar-refractivity contribution in [1.82, 2.24) is 10.2 Å². The van der Waals surface area contributed by atoms with E-state index in [2.05, 4.69) is 57.3 Å². The van der Waals surface area contributed by atoms with Gasteiger partial charge in [0.1, 0.15) is 0 Å². The van der Waals surface area contributed by atoms with Gasteiger partial charge in [0.05, 0.1) is 19.3 Å². The van der Waals surface area contributed by atoms with Gasteiger partial charge in [-0.3, -0.25) is 9.69 Å². The SMILES string of the molecule is Cc1ccc(C(CNC(=O)c2ccc(Br)o2)N2CCOCC2)cc1. The summed E-state index contributed by atoms with van der Waals surface area (Å²) in [5.74, 6) is 0.109. The fourth-order valence-electron chi connectivity index (χ4n) is 2.85. The van der Waals surface area contributed by atoms with Crippen molar-refractivity contribution >= 4 is 21.8 Å². The van der Waals surface area contributed by atoms with Crippen LogP contribution >= 0.6 is 15.9 Å². The van der Waals surface area contributed by atoms with Gasteiger partial charge in [0, 0.05) is 19.6 Å². The molecule has 2 heterocycles. The second kappa shape index (κ2) is 7.96. The molecular weight excluding hydrogens is 372 g/mol. The van der Waals surface area contributed by atoms with E-state index in [-0.39, 0.29) is 11.9 Å². The van der Waals surface area contributed by atoms with Crippen LogP contribution in [0.4, 0.5) is 0 Å². The quantitative estimate of drug-likeness (QED) is 0.848. The number of nitrogens with zero attached hydrogens (tertiary/aromatic N) is 1. The van der Waals surface area contributed by atoms with Crippen molar-refractivity contribution in [2.24, 2.45) is 0 Å². The Hall–Kier alpha value is -1.63. The molecule has 0 saturated carbocycles. The van der Waals surface area contributed by atoms with Gasteiger partial charge in [0.2, 0.25) is 0 Å². The first-order valence-electron chi connectivity index (χ1n) is 8.05. The Balaban J connectivity index is 1.71. The number of carbonyl (C=O) groups excluding carboxylic acids is 1. The number of hydrogen-bond donors (Lipinski definition) is 1. The van der Waals surface area contributed by atoms with Gasteiger partial charge in [-0.1, -0.05) is 29.8 Å². The molecule has 0 radical (unpaired) electrons. The Kier molecular flexibility index (Phi) is 5.71. The molecule has 3 rings (SSSR count). The second-order valence-corrected chi connectivity index (χ2v) is 6.67. The minimum atomic E-state index is -0.203. The van der Waals surface area contributed by atoms with E-state index >= 15 is 0 Å². The van der Waals surface area contributed by atoms with Crippen molar-refractivity contribution in [2.45, 2.75) is 13.0 Å². The summed E-state index contributed by atoms with van der Waals surface area (Å²) in [5.41, 5.74) is 2.42. The molecule has 1 aliphatic rings. The fraction of sp³-hybridized carbons (Fsp3) is 0.389. The molecular formula is C18H21BrN2O3. The minimum Gasteiger partial charge on any atom is -0.444 e. The third-order valence-corrected chi connectivity index (χ3v) is 4.63. The summed E-state index contributed by atoms with van der Waals surface area (Å²) in [4.78, 5) is 14.6. The highest BCUT2D eigenvalue weighted by molar-refractivity contribution is 9.10. The average Bonchev–Trinajstić information content (AvgIpc) is 3.04. The Morgan fingerprint density at radius 1 is 1.21 bits per heavy atom. The monoisotopic (exact) mass is 392 g/mol. The van der Waals surface area contributed by atoms with Crippen molar-refractivity contribution in [1.29, 1.82) is 0 Å². The van der Waals surface area contributed by atoms with Crippen molar-refractivity contribution in [3.05, 3.63) is 58.0 Å². The zero-order valence-corrected chi connectivity index (χ0v) is 15.2. The van der Waals surface area contributed by atoms with Gasteiger partial charge in [-0.15, -0.1) is 0 Å². The molecule has 0 spiro atoms. The topological polar surface area (TPSA) is 54.7 Å². The molecule has 1 unspecified atom stereocenters. The van der Waals surface area contributed by atoms with Gasteiger partial charge in [-0.05, 0) is 40.5 Å². The number of ether oxygens (including phenoxy) is 1. The van der Waals surface area contributed by atoms with Gasteiger partial charge in [-0.2, -0.15) is 0 Å². The number of rotatable bonds is 5. The normalized spacial score (nSPS) is 16.8. The molecule has 128 valence electrons. The second-order valence-electron chi connectivity index (χ2n) is 5.89. The van der Waals surface area contributed by atoms with E-state index in [1.165, 1.54) is 11.1 Å². The molecule has 1 saturated heterocycles. The molecule has 0 aliphatic carbocycles. The van der Waals surface area contributed by atoms with E-state index in [1.54, 1.807) is 12.1 Å². The van der Waals surface area contributed by atoms with Crippen LogP contribution in [0.25, 0.3) is 0 Å². The summed E-state index contributed by atoms with van der Waals surface area (Å²) < 4.78 is 11.3. The largest absolute Gasteiger partial charge is 0.444 e. The first kappa shape index (κ1) is 17.2. The summed E-state index contributed by atoms with van der Waals surface area (Å²) in [6.45, 7) is 5.77. The van der Waals surface area contributed by atoms with Crippen LogP contribution in [0.2, 0.25) is 0 Å². The molecule has 24 heavy (non-hydrogen) atoms. The number of aryl methyl sites for hydroxylation is 1. The number of carbonyl (C=O) groups is 1. The molecule has 6 heteroatoms. The van der Waals surface area contributed by atoms with Crippen molar-refractivity contribution in [3.63, 3.8) is 0 Å². The number of amides is 1. The summed E-state index contributed by atoms with van der Waals surface area (Å²) in [5, 5.41) is 2.99. The third-order valence-electron chi connectivity index (χ3n) is 4.20. The lowest BCUT2D eigenvalue weighted by Crippen LogP contribution is -2.43. The maximum Gasteiger partial charge on any atom is 0.287 e. The number of furan rings is 1. The Labute approximate surface area is 150 Å². The van der Waals surface area contributed by atoms with Crippen molar-refractivity contribution in [3.8, 4) is 0 Å². The summed E-state index contributed by atoms with van der Waals surface area (Å²) in [6.07, 6.45) is 0. The van der Waals surface area contributed by atoms with Crippen LogP contribution in [0, 0.1) is 6.92 Å². The maximum absolute atomic E-state index is 12.3. The molecule has 1 amide bonds. The predicted molar refractivity (Wildman–Crippen MR) is 95.1 cm³/mol. The molecule has 1 aromatic heterocycles. The summed E-state index contributed by atoms with van der Waals surface area (Å²) in [7, 11) is 0. The Bertz CT molecular complexity index is 678. The first-order valence-corrected chi connectivity index (χ1v) is 8.84. The highest BCUT2D eigenvalue weighted by atomic mass is 79.9. The highest BCUT2D eigenvalue weighted by Crippen LogP contribution is 2.22. The minimum absolute atomic E-state index is 0.122. The Morgan fingerprint density at radius 3 is 2.54 bits per heavy atom. The van der Waals surface area contributed by atoms with E-state index in [0.29, 0.717) is 17.0 Å². The first-order chi connectivity index (χ1) is 11.6. The lowest BCUT2D eigenvalue weighted by Gasteiger charge is -2.35. The smallest absolute Gasteiger partial charge is 0.287 e. The van der Waals surface area contributed by atoms with Crippen LogP contribution in [-0.2, 0) is 4.74 Å². The van der Waals surface area contributed by atoms with Crippen LogP contribution in [0.5, 0.6) is 0 Å². The van der Waals surface area contributed by atoms with Crippen molar-refractivity contribution < 1.29 is 13.9 Å². The highest BCUT2D eigenvalue weighted by Gasteiger charge is 2.23.